The number of hydrogen-bond donors (Lipinski definition) is 0. The summed E-state index contributed by atoms with van der Waals surface area (Å²) in [6.07, 6.45) is 21.3. The van der Waals surface area contributed by atoms with Crippen LogP contribution in [0.2, 0.25) is 24.2 Å². The molecular weight excluding hydrogens is 537 g/mol. The maximum atomic E-state index is 6.56. The lowest BCUT2D eigenvalue weighted by Gasteiger charge is -2.27. The van der Waals surface area contributed by atoms with E-state index in [-0.39, 0.29) is 0 Å². The Morgan fingerprint density at radius 3 is 1.05 bits per heavy atom. The minimum atomic E-state index is -0.796. The molecule has 0 aromatic heterocycles. The molecule has 0 aliphatic heterocycles. The van der Waals surface area contributed by atoms with Gasteiger partial charge in [-0.25, -0.2) is 0 Å². The minimum Gasteiger partial charge on any atom is -0.382 e. The SMILES string of the molecule is CCCCOC(CCCSSCCCC(OCCCC)[SiH](CCCC)CCCC)[SiH](CCCC)CCCC. The van der Waals surface area contributed by atoms with E-state index < -0.39 is 17.6 Å². The zero-order chi connectivity index (χ0) is 28.1. The third-order valence-corrected chi connectivity index (χ3v) is 18.3. The summed E-state index contributed by atoms with van der Waals surface area (Å²) in [5.74, 6) is 2.59. The Morgan fingerprint density at radius 1 is 0.447 bits per heavy atom. The van der Waals surface area contributed by atoms with E-state index >= 15 is 0 Å². The first-order valence-electron chi connectivity index (χ1n) is 17.2. The summed E-state index contributed by atoms with van der Waals surface area (Å²) in [5.41, 5.74) is 1.25. The van der Waals surface area contributed by atoms with Gasteiger partial charge in [-0.2, -0.15) is 0 Å². The summed E-state index contributed by atoms with van der Waals surface area (Å²) < 4.78 is 13.1. The monoisotopic (exact) mass is 606 g/mol. The smallest absolute Gasteiger partial charge is 0.0717 e. The van der Waals surface area contributed by atoms with Gasteiger partial charge in [-0.05, 0) is 38.5 Å². The van der Waals surface area contributed by atoms with Crippen molar-refractivity contribution < 1.29 is 9.47 Å². The maximum absolute atomic E-state index is 6.56. The van der Waals surface area contributed by atoms with Gasteiger partial charge in [-0.3, -0.25) is 0 Å². The van der Waals surface area contributed by atoms with Gasteiger partial charge in [-0.1, -0.05) is 152 Å². The number of unbranched alkanes of at least 4 members (excludes halogenated alkanes) is 6. The second-order valence-electron chi connectivity index (χ2n) is 11.5. The van der Waals surface area contributed by atoms with Crippen molar-refractivity contribution in [1.82, 2.24) is 0 Å². The molecule has 0 saturated carbocycles. The molecule has 0 radical (unpaired) electrons. The van der Waals surface area contributed by atoms with Crippen LogP contribution in [0, 0.1) is 0 Å². The Balaban J connectivity index is 4.51. The van der Waals surface area contributed by atoms with Crippen molar-refractivity contribution in [3.63, 3.8) is 0 Å². The zero-order valence-corrected chi connectivity index (χ0v) is 30.9. The minimum absolute atomic E-state index is 0.624. The molecule has 0 aliphatic rings. The van der Waals surface area contributed by atoms with Crippen LogP contribution in [0.3, 0.4) is 0 Å². The molecule has 2 unspecified atom stereocenters. The highest BCUT2D eigenvalue weighted by atomic mass is 33.1. The third kappa shape index (κ3) is 22.7. The lowest BCUT2D eigenvalue weighted by Crippen LogP contribution is -2.34. The topological polar surface area (TPSA) is 18.5 Å². The van der Waals surface area contributed by atoms with Gasteiger partial charge in [0.25, 0.3) is 0 Å². The molecule has 0 bridgehead atoms. The molecule has 0 fully saturated rings. The van der Waals surface area contributed by atoms with Crippen LogP contribution in [-0.2, 0) is 9.47 Å². The van der Waals surface area contributed by atoms with Gasteiger partial charge in [0.1, 0.15) is 0 Å². The Hall–Kier alpha value is 1.05. The summed E-state index contributed by atoms with van der Waals surface area (Å²) >= 11 is 0. The molecule has 0 rings (SSSR count). The fourth-order valence-electron chi connectivity index (χ4n) is 5.37. The Kier molecular flexibility index (Phi) is 31.9. The maximum Gasteiger partial charge on any atom is 0.0717 e. The first-order valence-corrected chi connectivity index (χ1v) is 24.2. The van der Waals surface area contributed by atoms with Gasteiger partial charge < -0.3 is 9.47 Å². The number of ether oxygens (including phenoxy) is 2. The Bertz CT molecular complexity index is 403. The van der Waals surface area contributed by atoms with E-state index in [1.807, 2.05) is 0 Å². The van der Waals surface area contributed by atoms with Crippen LogP contribution in [0.15, 0.2) is 0 Å². The molecule has 2 atom stereocenters. The van der Waals surface area contributed by atoms with Crippen molar-refractivity contribution in [1.29, 1.82) is 0 Å². The summed E-state index contributed by atoms with van der Waals surface area (Å²) in [6.45, 7) is 16.0. The molecule has 0 aliphatic carbocycles. The van der Waals surface area contributed by atoms with Crippen molar-refractivity contribution in [3.05, 3.63) is 0 Å². The fraction of sp³-hybridized carbons (Fsp3) is 1.00. The Labute approximate surface area is 252 Å². The fourth-order valence-corrected chi connectivity index (χ4v) is 15.6. The molecule has 38 heavy (non-hydrogen) atoms. The van der Waals surface area contributed by atoms with E-state index in [4.69, 9.17) is 9.47 Å². The molecule has 2 nitrogen and oxygen atoms in total. The van der Waals surface area contributed by atoms with Gasteiger partial charge in [0.2, 0.25) is 0 Å². The van der Waals surface area contributed by atoms with Crippen molar-refractivity contribution in [3.8, 4) is 0 Å². The van der Waals surface area contributed by atoms with E-state index in [0.29, 0.717) is 11.5 Å². The molecule has 6 heteroatoms. The van der Waals surface area contributed by atoms with E-state index in [0.717, 1.165) is 13.2 Å². The van der Waals surface area contributed by atoms with Crippen LogP contribution < -0.4 is 0 Å². The largest absolute Gasteiger partial charge is 0.382 e. The van der Waals surface area contributed by atoms with E-state index in [2.05, 4.69) is 63.1 Å². The second kappa shape index (κ2) is 31.0. The highest BCUT2D eigenvalue weighted by Crippen LogP contribution is 2.27. The lowest BCUT2D eigenvalue weighted by molar-refractivity contribution is 0.0926. The second-order valence-corrected chi connectivity index (χ2v) is 21.1. The van der Waals surface area contributed by atoms with Gasteiger partial charge in [0.05, 0.1) is 17.6 Å². The zero-order valence-electron chi connectivity index (χ0n) is 26.9. The van der Waals surface area contributed by atoms with Crippen molar-refractivity contribution >= 4 is 39.2 Å². The van der Waals surface area contributed by atoms with Crippen LogP contribution >= 0.6 is 21.6 Å². The average Bonchev–Trinajstić information content (AvgIpc) is 2.93. The van der Waals surface area contributed by atoms with E-state index in [9.17, 15) is 0 Å². The van der Waals surface area contributed by atoms with Crippen molar-refractivity contribution in [2.75, 3.05) is 24.7 Å². The average molecular weight is 607 g/mol. The normalized spacial score (nSPS) is 13.6. The van der Waals surface area contributed by atoms with Crippen molar-refractivity contribution in [2.45, 2.75) is 180 Å². The first kappa shape index (κ1) is 39.1. The quantitative estimate of drug-likeness (QED) is 0.0443. The van der Waals surface area contributed by atoms with Crippen LogP contribution in [0.1, 0.15) is 144 Å². The molecule has 0 N–H and O–H groups in total. The van der Waals surface area contributed by atoms with Gasteiger partial charge in [-0.15, -0.1) is 0 Å². The highest BCUT2D eigenvalue weighted by Gasteiger charge is 2.24. The predicted octanol–water partition coefficient (Wildman–Crippen LogP) is 11.0. The third-order valence-electron chi connectivity index (χ3n) is 7.94. The molecular formula is C32H70O2S2Si2. The molecule has 0 aromatic rings. The van der Waals surface area contributed by atoms with Crippen LogP contribution in [0.5, 0.6) is 0 Å². The molecule has 0 aromatic carbocycles. The van der Waals surface area contributed by atoms with Crippen LogP contribution in [0.4, 0.5) is 0 Å². The summed E-state index contributed by atoms with van der Waals surface area (Å²) in [4.78, 5) is 0. The number of hydrogen-bond acceptors (Lipinski definition) is 4. The van der Waals surface area contributed by atoms with E-state index in [1.54, 1.807) is 0 Å². The standard InChI is InChI=1S/C32H70O2S2Si2/c1-7-13-23-33-31(37(27-15-9-3)28-16-10-4)21-19-25-35-36-26-20-22-32(34-24-14-8-2)38(29-17-11-5)30-18-12-6/h31-32,37-38H,7-30H2,1-6H3. The number of rotatable bonds is 31. The van der Waals surface area contributed by atoms with Crippen LogP contribution in [-0.4, -0.2) is 53.8 Å². The summed E-state index contributed by atoms with van der Waals surface area (Å²) in [5, 5.41) is 0. The predicted molar refractivity (Wildman–Crippen MR) is 186 cm³/mol. The Morgan fingerprint density at radius 2 is 0.763 bits per heavy atom. The van der Waals surface area contributed by atoms with Crippen molar-refractivity contribution in [2.24, 2.45) is 0 Å². The van der Waals surface area contributed by atoms with E-state index in [1.165, 1.54) is 138 Å². The summed E-state index contributed by atoms with van der Waals surface area (Å²) in [6, 6.07) is 5.99. The van der Waals surface area contributed by atoms with Gasteiger partial charge in [0.15, 0.2) is 0 Å². The molecule has 0 spiro atoms. The molecule has 0 heterocycles. The van der Waals surface area contributed by atoms with Crippen LogP contribution in [0.25, 0.3) is 0 Å². The molecule has 0 saturated heterocycles. The van der Waals surface area contributed by atoms with Gasteiger partial charge >= 0.3 is 0 Å². The molecule has 230 valence electrons. The highest BCUT2D eigenvalue weighted by molar-refractivity contribution is 8.76. The first-order chi connectivity index (χ1) is 18.7. The molecule has 0 amide bonds. The van der Waals surface area contributed by atoms with Gasteiger partial charge in [0, 0.05) is 36.2 Å². The summed E-state index contributed by atoms with van der Waals surface area (Å²) in [7, 11) is 2.66. The lowest BCUT2D eigenvalue weighted by atomic mass is 10.3.